The lowest BCUT2D eigenvalue weighted by Crippen LogP contribution is -2.36. The van der Waals surface area contributed by atoms with E-state index in [1.54, 1.807) is 0 Å². The summed E-state index contributed by atoms with van der Waals surface area (Å²) >= 11 is 0. The summed E-state index contributed by atoms with van der Waals surface area (Å²) in [4.78, 5) is 6.20. The maximum Gasteiger partial charge on any atom is 0.268 e. The van der Waals surface area contributed by atoms with Crippen LogP contribution in [0.25, 0.3) is 0 Å². The highest BCUT2D eigenvalue weighted by Crippen LogP contribution is 2.25. The summed E-state index contributed by atoms with van der Waals surface area (Å²) in [6.07, 6.45) is 9.38. The summed E-state index contributed by atoms with van der Waals surface area (Å²) in [5.74, 6) is 2.97. The van der Waals surface area contributed by atoms with Gasteiger partial charge in [-0.25, -0.2) is 10.3 Å². The Morgan fingerprint density at radius 1 is 1.40 bits per heavy atom. The third kappa shape index (κ3) is 4.48. The first-order valence-corrected chi connectivity index (χ1v) is 6.82. The van der Waals surface area contributed by atoms with E-state index in [0.717, 1.165) is 25.5 Å². The van der Waals surface area contributed by atoms with Gasteiger partial charge in [0.15, 0.2) is 0 Å². The Balaban J connectivity index is 2.82. The third-order valence-corrected chi connectivity index (χ3v) is 3.58. The van der Waals surface area contributed by atoms with Crippen LogP contribution < -0.4 is 5.73 Å². The van der Waals surface area contributed by atoms with Crippen molar-refractivity contribution in [1.82, 2.24) is 4.90 Å². The highest BCUT2D eigenvalue weighted by molar-refractivity contribution is 6.67. The van der Waals surface area contributed by atoms with E-state index in [1.165, 1.54) is 0 Å². The SMILES string of the molecule is C/C=C/C=C(\N=C(/N)C#N)N(C)C1CCB(C#N)CC1. The number of hydrogen-bond donors (Lipinski definition) is 1. The average Bonchev–Trinajstić information content (AvgIpc) is 2.50. The van der Waals surface area contributed by atoms with Gasteiger partial charge in [0.2, 0.25) is 5.84 Å². The second-order valence-corrected chi connectivity index (χ2v) is 4.90. The Morgan fingerprint density at radius 2 is 2.05 bits per heavy atom. The molecular formula is C14H20BN5. The second-order valence-electron chi connectivity index (χ2n) is 4.90. The molecule has 0 bridgehead atoms. The maximum absolute atomic E-state index is 8.93. The van der Waals surface area contributed by atoms with Gasteiger partial charge >= 0.3 is 0 Å². The van der Waals surface area contributed by atoms with Gasteiger partial charge in [-0.3, -0.25) is 0 Å². The summed E-state index contributed by atoms with van der Waals surface area (Å²) < 4.78 is 0. The summed E-state index contributed by atoms with van der Waals surface area (Å²) in [5.41, 5.74) is 5.51. The molecule has 0 atom stereocenters. The molecule has 1 aliphatic heterocycles. The molecule has 20 heavy (non-hydrogen) atoms. The van der Waals surface area contributed by atoms with E-state index < -0.39 is 0 Å². The molecule has 0 spiro atoms. The largest absolute Gasteiger partial charge is 0.375 e. The monoisotopic (exact) mass is 269 g/mol. The minimum atomic E-state index is -0.0432. The molecule has 0 aromatic rings. The van der Waals surface area contributed by atoms with E-state index in [1.807, 2.05) is 38.3 Å². The Kier molecular flexibility index (Phi) is 6.39. The Bertz CT molecular complexity index is 487. The molecule has 2 N–H and O–H groups in total. The van der Waals surface area contributed by atoms with Crippen molar-refractivity contribution >= 4 is 12.5 Å². The standard InChI is InChI=1S/C14H20BN5/c1-3-4-5-14(19-13(18)10-16)20(2)12-6-8-15(11-17)9-7-12/h3-5,12H,6-9H2,1-2H3,(H2,18,19)/b4-3+,14-5+. The van der Waals surface area contributed by atoms with Gasteiger partial charge in [-0.2, -0.15) is 5.26 Å². The number of allylic oxidation sites excluding steroid dienone is 3. The summed E-state index contributed by atoms with van der Waals surface area (Å²) in [6.45, 7) is 2.10. The summed E-state index contributed by atoms with van der Waals surface area (Å²) in [6, 6.07) is 2.18. The molecule has 0 radical (unpaired) electrons. The zero-order chi connectivity index (χ0) is 15.0. The molecule has 0 aliphatic carbocycles. The van der Waals surface area contributed by atoms with Gasteiger partial charge in [-0.1, -0.05) is 24.8 Å². The summed E-state index contributed by atoms with van der Waals surface area (Å²) in [5, 5.41) is 17.7. The van der Waals surface area contributed by atoms with Crippen molar-refractivity contribution in [3.8, 4) is 12.0 Å². The fraction of sp³-hybridized carbons (Fsp3) is 0.500. The van der Waals surface area contributed by atoms with Gasteiger partial charge < -0.3 is 10.6 Å². The van der Waals surface area contributed by atoms with Crippen molar-refractivity contribution in [3.05, 3.63) is 24.0 Å². The van der Waals surface area contributed by atoms with Crippen LogP contribution in [0, 0.1) is 22.6 Å². The fourth-order valence-corrected chi connectivity index (χ4v) is 2.34. The first-order chi connectivity index (χ1) is 9.62. The smallest absolute Gasteiger partial charge is 0.268 e. The lowest BCUT2D eigenvalue weighted by Gasteiger charge is -2.33. The van der Waals surface area contributed by atoms with Gasteiger partial charge in [0.1, 0.15) is 11.9 Å². The molecule has 0 amide bonds. The van der Waals surface area contributed by atoms with Crippen molar-refractivity contribution in [3.63, 3.8) is 0 Å². The number of nitriles is 2. The Morgan fingerprint density at radius 3 is 2.55 bits per heavy atom. The molecule has 1 aliphatic rings. The van der Waals surface area contributed by atoms with Crippen LogP contribution in [0.1, 0.15) is 19.8 Å². The van der Waals surface area contributed by atoms with Crippen molar-refractivity contribution in [2.75, 3.05) is 7.05 Å². The van der Waals surface area contributed by atoms with Crippen LogP contribution in [0.4, 0.5) is 0 Å². The predicted molar refractivity (Wildman–Crippen MR) is 81.9 cm³/mol. The molecule has 5 nitrogen and oxygen atoms in total. The molecule has 1 heterocycles. The van der Waals surface area contributed by atoms with Crippen LogP contribution in [0.2, 0.25) is 12.6 Å². The maximum atomic E-state index is 8.93. The predicted octanol–water partition coefficient (Wildman–Crippen LogP) is 1.94. The van der Waals surface area contributed by atoms with E-state index in [-0.39, 0.29) is 12.5 Å². The van der Waals surface area contributed by atoms with Crippen molar-refractivity contribution in [2.24, 2.45) is 10.7 Å². The molecule has 104 valence electrons. The van der Waals surface area contributed by atoms with Crippen LogP contribution >= 0.6 is 0 Å². The lowest BCUT2D eigenvalue weighted by molar-refractivity contribution is 0.278. The molecule has 0 aromatic heterocycles. The lowest BCUT2D eigenvalue weighted by atomic mass is 9.42. The zero-order valence-electron chi connectivity index (χ0n) is 12.1. The minimum absolute atomic E-state index is 0.0432. The van der Waals surface area contributed by atoms with Crippen LogP contribution in [-0.4, -0.2) is 30.5 Å². The fourth-order valence-electron chi connectivity index (χ4n) is 2.34. The number of aliphatic imine (C=N–C) groups is 1. The quantitative estimate of drug-likeness (QED) is 0.365. The van der Waals surface area contributed by atoms with E-state index >= 15 is 0 Å². The Hall–Kier alpha value is -2.21. The van der Waals surface area contributed by atoms with Crippen LogP contribution in [0.5, 0.6) is 0 Å². The first-order valence-electron chi connectivity index (χ1n) is 6.82. The number of amidine groups is 1. The normalized spacial score (nSPS) is 17.9. The van der Waals surface area contributed by atoms with E-state index in [0.29, 0.717) is 11.9 Å². The number of nitrogens with zero attached hydrogens (tertiary/aromatic N) is 4. The Labute approximate surface area is 121 Å². The van der Waals surface area contributed by atoms with E-state index in [9.17, 15) is 0 Å². The van der Waals surface area contributed by atoms with Crippen LogP contribution in [0.15, 0.2) is 29.0 Å². The minimum Gasteiger partial charge on any atom is -0.375 e. The van der Waals surface area contributed by atoms with Crippen molar-refractivity contribution in [1.29, 1.82) is 10.5 Å². The molecule has 1 fully saturated rings. The van der Waals surface area contributed by atoms with Crippen molar-refractivity contribution in [2.45, 2.75) is 38.4 Å². The number of rotatable bonds is 4. The molecule has 0 aromatic carbocycles. The van der Waals surface area contributed by atoms with Gasteiger partial charge in [-0.15, -0.1) is 0 Å². The van der Waals surface area contributed by atoms with E-state index in [2.05, 4.69) is 15.9 Å². The molecule has 0 saturated carbocycles. The topological polar surface area (TPSA) is 89.2 Å². The van der Waals surface area contributed by atoms with Crippen LogP contribution in [-0.2, 0) is 0 Å². The molecule has 1 saturated heterocycles. The first kappa shape index (κ1) is 15.9. The third-order valence-electron chi connectivity index (χ3n) is 3.58. The molecular weight excluding hydrogens is 249 g/mol. The van der Waals surface area contributed by atoms with Gasteiger partial charge in [0.25, 0.3) is 6.71 Å². The number of hydrogen-bond acceptors (Lipinski definition) is 4. The van der Waals surface area contributed by atoms with E-state index in [4.69, 9.17) is 16.3 Å². The summed E-state index contributed by atoms with van der Waals surface area (Å²) in [7, 11) is 1.96. The van der Waals surface area contributed by atoms with Gasteiger partial charge in [-0.05, 0) is 25.8 Å². The van der Waals surface area contributed by atoms with Gasteiger partial charge in [0, 0.05) is 19.1 Å². The molecule has 0 unspecified atom stereocenters. The van der Waals surface area contributed by atoms with Crippen molar-refractivity contribution < 1.29 is 0 Å². The molecule has 1 rings (SSSR count). The molecule has 6 heteroatoms. The number of nitrogens with two attached hydrogens (primary N) is 1. The highest BCUT2D eigenvalue weighted by atomic mass is 15.2. The van der Waals surface area contributed by atoms with Crippen LogP contribution in [0.3, 0.4) is 0 Å². The zero-order valence-corrected chi connectivity index (χ0v) is 12.1. The highest BCUT2D eigenvalue weighted by Gasteiger charge is 2.27. The second kappa shape index (κ2) is 8.06. The van der Waals surface area contributed by atoms with Gasteiger partial charge in [0.05, 0.1) is 0 Å². The average molecular weight is 269 g/mol.